The van der Waals surface area contributed by atoms with E-state index in [1.165, 1.54) is 11.3 Å². The Labute approximate surface area is 135 Å². The lowest BCUT2D eigenvalue weighted by Gasteiger charge is -2.22. The first-order chi connectivity index (χ1) is 10.7. The number of hydrogen-bond acceptors (Lipinski definition) is 3. The normalized spacial score (nSPS) is 22.9. The van der Waals surface area contributed by atoms with Crippen LogP contribution < -0.4 is 5.32 Å². The molecule has 0 radical (unpaired) electrons. The van der Waals surface area contributed by atoms with Crippen molar-refractivity contribution in [3.63, 3.8) is 0 Å². The number of amides is 2. The van der Waals surface area contributed by atoms with E-state index in [2.05, 4.69) is 5.32 Å². The maximum absolute atomic E-state index is 12.9. The van der Waals surface area contributed by atoms with Crippen LogP contribution in [0.3, 0.4) is 0 Å². The molecule has 1 aliphatic rings. The molecular formula is C14H17F3N2O3S. The number of nitrogens with one attached hydrogen (secondary N) is 1. The van der Waals surface area contributed by atoms with E-state index < -0.39 is 43.1 Å². The highest BCUT2D eigenvalue weighted by atomic mass is 32.1. The molecule has 1 unspecified atom stereocenters. The van der Waals surface area contributed by atoms with Gasteiger partial charge in [-0.05, 0) is 17.9 Å². The van der Waals surface area contributed by atoms with E-state index in [9.17, 15) is 22.8 Å². The van der Waals surface area contributed by atoms with Crippen LogP contribution in [-0.4, -0.2) is 41.3 Å². The zero-order valence-electron chi connectivity index (χ0n) is 12.3. The number of likely N-dealkylation sites (tertiary alicyclic amines) is 1. The Morgan fingerprint density at radius 1 is 1.48 bits per heavy atom. The first kappa shape index (κ1) is 17.6. The lowest BCUT2D eigenvalue weighted by Crippen LogP contribution is -2.41. The standard InChI is InChI=1S/C14H17F3N2O3S/c1-2-10(11-4-3-5-23-11)18-13(22)19-6-8(12(20)21)9(7-19)14(15,16)17/h3-5,8-10H,2,6-7H2,1H3,(H,18,22)(H,20,21)/t8-,9-,10?/m1/s1. The molecule has 1 aliphatic heterocycles. The van der Waals surface area contributed by atoms with Gasteiger partial charge in [-0.3, -0.25) is 4.79 Å². The molecule has 3 atom stereocenters. The highest BCUT2D eigenvalue weighted by Crippen LogP contribution is 2.38. The number of thiophene rings is 1. The van der Waals surface area contributed by atoms with Gasteiger partial charge in [-0.25, -0.2) is 4.79 Å². The Morgan fingerprint density at radius 2 is 2.17 bits per heavy atom. The number of rotatable bonds is 4. The van der Waals surface area contributed by atoms with Crippen molar-refractivity contribution in [2.24, 2.45) is 11.8 Å². The topological polar surface area (TPSA) is 69.6 Å². The fourth-order valence-corrected chi connectivity index (χ4v) is 3.52. The van der Waals surface area contributed by atoms with Crippen molar-refractivity contribution in [2.75, 3.05) is 13.1 Å². The van der Waals surface area contributed by atoms with E-state index in [0.29, 0.717) is 6.42 Å². The minimum absolute atomic E-state index is 0.296. The third kappa shape index (κ3) is 3.95. The number of aliphatic carboxylic acids is 1. The van der Waals surface area contributed by atoms with Crippen molar-refractivity contribution in [3.8, 4) is 0 Å². The zero-order chi connectivity index (χ0) is 17.2. The summed E-state index contributed by atoms with van der Waals surface area (Å²) in [6.45, 7) is 0.784. The Kier molecular flexibility index (Phi) is 5.18. The minimum atomic E-state index is -4.64. The average molecular weight is 350 g/mol. The number of nitrogens with zero attached hydrogens (tertiary/aromatic N) is 1. The van der Waals surface area contributed by atoms with Gasteiger partial charge in [0.15, 0.2) is 0 Å². The van der Waals surface area contributed by atoms with Gasteiger partial charge in [-0.1, -0.05) is 13.0 Å². The molecule has 0 bridgehead atoms. The molecule has 2 amide bonds. The van der Waals surface area contributed by atoms with E-state index in [1.54, 1.807) is 0 Å². The molecular weight excluding hydrogens is 333 g/mol. The molecule has 1 saturated heterocycles. The van der Waals surface area contributed by atoms with Crippen molar-refractivity contribution >= 4 is 23.3 Å². The molecule has 2 rings (SSSR count). The van der Waals surface area contributed by atoms with Gasteiger partial charge in [0.1, 0.15) is 0 Å². The Balaban J connectivity index is 2.07. The molecule has 1 aromatic heterocycles. The molecule has 0 saturated carbocycles. The van der Waals surface area contributed by atoms with Crippen LogP contribution in [0.25, 0.3) is 0 Å². The first-order valence-electron chi connectivity index (χ1n) is 7.12. The van der Waals surface area contributed by atoms with Gasteiger partial charge in [0.25, 0.3) is 0 Å². The van der Waals surface area contributed by atoms with Crippen LogP contribution >= 0.6 is 11.3 Å². The van der Waals surface area contributed by atoms with Crippen LogP contribution in [0, 0.1) is 11.8 Å². The predicted octanol–water partition coefficient (Wildman–Crippen LogP) is 3.10. The van der Waals surface area contributed by atoms with E-state index in [1.807, 2.05) is 24.4 Å². The summed E-state index contributed by atoms with van der Waals surface area (Å²) in [7, 11) is 0. The molecule has 5 nitrogen and oxygen atoms in total. The highest BCUT2D eigenvalue weighted by molar-refractivity contribution is 7.10. The number of carbonyl (C=O) groups excluding carboxylic acids is 1. The minimum Gasteiger partial charge on any atom is -0.481 e. The molecule has 1 aromatic rings. The summed E-state index contributed by atoms with van der Waals surface area (Å²) in [5, 5.41) is 13.5. The van der Waals surface area contributed by atoms with Crippen molar-refractivity contribution < 1.29 is 27.9 Å². The van der Waals surface area contributed by atoms with Gasteiger partial charge in [-0.15, -0.1) is 11.3 Å². The van der Waals surface area contributed by atoms with E-state index in [4.69, 9.17) is 5.11 Å². The van der Waals surface area contributed by atoms with Gasteiger partial charge >= 0.3 is 18.2 Å². The number of carboxylic acid groups (broad SMARTS) is 1. The average Bonchev–Trinajstić information content (AvgIpc) is 3.12. The lowest BCUT2D eigenvalue weighted by atomic mass is 9.96. The predicted molar refractivity (Wildman–Crippen MR) is 78.1 cm³/mol. The molecule has 128 valence electrons. The van der Waals surface area contributed by atoms with Crippen LogP contribution in [0.1, 0.15) is 24.3 Å². The quantitative estimate of drug-likeness (QED) is 0.877. The van der Waals surface area contributed by atoms with Crippen LogP contribution in [-0.2, 0) is 4.79 Å². The third-order valence-corrected chi connectivity index (χ3v) is 4.92. The van der Waals surface area contributed by atoms with Gasteiger partial charge in [-0.2, -0.15) is 13.2 Å². The Bertz CT molecular complexity index is 562. The molecule has 2 heterocycles. The van der Waals surface area contributed by atoms with Crippen LogP contribution in [0.2, 0.25) is 0 Å². The molecule has 1 fully saturated rings. The molecule has 0 aromatic carbocycles. The third-order valence-electron chi connectivity index (χ3n) is 3.94. The lowest BCUT2D eigenvalue weighted by molar-refractivity contribution is -0.187. The van der Waals surface area contributed by atoms with Gasteiger partial charge in [0, 0.05) is 18.0 Å². The summed E-state index contributed by atoms with van der Waals surface area (Å²) in [4.78, 5) is 25.1. The van der Waals surface area contributed by atoms with Crippen LogP contribution in [0.15, 0.2) is 17.5 Å². The summed E-state index contributed by atoms with van der Waals surface area (Å²) in [6, 6.07) is 2.70. The molecule has 23 heavy (non-hydrogen) atoms. The van der Waals surface area contributed by atoms with Crippen molar-refractivity contribution in [1.82, 2.24) is 10.2 Å². The summed E-state index contributed by atoms with van der Waals surface area (Å²) >= 11 is 1.44. The second kappa shape index (κ2) is 6.77. The zero-order valence-corrected chi connectivity index (χ0v) is 13.2. The van der Waals surface area contributed by atoms with Crippen molar-refractivity contribution in [2.45, 2.75) is 25.6 Å². The molecule has 9 heteroatoms. The first-order valence-corrected chi connectivity index (χ1v) is 8.00. The number of hydrogen-bond donors (Lipinski definition) is 2. The number of halogens is 3. The second-order valence-corrected chi connectivity index (χ2v) is 6.40. The number of alkyl halides is 3. The smallest absolute Gasteiger partial charge is 0.394 e. The van der Waals surface area contributed by atoms with Crippen molar-refractivity contribution in [3.05, 3.63) is 22.4 Å². The summed E-state index contributed by atoms with van der Waals surface area (Å²) in [5.74, 6) is -5.19. The fourth-order valence-electron chi connectivity index (χ4n) is 2.66. The Morgan fingerprint density at radius 3 is 2.61 bits per heavy atom. The van der Waals surface area contributed by atoms with Crippen LogP contribution in [0.4, 0.5) is 18.0 Å². The summed E-state index contributed by atoms with van der Waals surface area (Å²) in [6.07, 6.45) is -4.05. The van der Waals surface area contributed by atoms with E-state index in [-0.39, 0.29) is 6.04 Å². The number of carbonyl (C=O) groups is 2. The molecule has 0 aliphatic carbocycles. The monoisotopic (exact) mass is 350 g/mol. The van der Waals surface area contributed by atoms with Gasteiger partial charge in [0.05, 0.1) is 17.9 Å². The van der Waals surface area contributed by atoms with Gasteiger partial charge in [0.2, 0.25) is 0 Å². The Hall–Kier alpha value is -1.77. The van der Waals surface area contributed by atoms with E-state index >= 15 is 0 Å². The van der Waals surface area contributed by atoms with E-state index in [0.717, 1.165) is 9.78 Å². The maximum Gasteiger partial charge on any atom is 0.394 e. The fraction of sp³-hybridized carbons (Fsp3) is 0.571. The van der Waals surface area contributed by atoms with Crippen molar-refractivity contribution in [1.29, 1.82) is 0 Å². The largest absolute Gasteiger partial charge is 0.481 e. The summed E-state index contributed by atoms with van der Waals surface area (Å²) < 4.78 is 38.8. The molecule has 2 N–H and O–H groups in total. The summed E-state index contributed by atoms with van der Waals surface area (Å²) in [5.41, 5.74) is 0. The maximum atomic E-state index is 12.9. The highest BCUT2D eigenvalue weighted by Gasteiger charge is 2.53. The number of urea groups is 1. The number of carboxylic acids is 1. The van der Waals surface area contributed by atoms with Gasteiger partial charge < -0.3 is 15.3 Å². The van der Waals surface area contributed by atoms with Crippen LogP contribution in [0.5, 0.6) is 0 Å². The second-order valence-electron chi connectivity index (χ2n) is 5.42. The SMILES string of the molecule is CCC(NC(=O)N1C[C@@H](C(F)(F)F)[C@H](C(=O)O)C1)c1cccs1. The molecule has 0 spiro atoms.